The lowest BCUT2D eigenvalue weighted by Crippen LogP contribution is -2.29. The van der Waals surface area contributed by atoms with E-state index < -0.39 is 0 Å². The second-order valence-corrected chi connectivity index (χ2v) is 5.50. The van der Waals surface area contributed by atoms with Crippen molar-refractivity contribution < 1.29 is 9.47 Å². The van der Waals surface area contributed by atoms with Crippen LogP contribution in [0.1, 0.15) is 12.0 Å². The van der Waals surface area contributed by atoms with E-state index in [4.69, 9.17) is 15.2 Å². The smallest absolute Gasteiger partial charge is 0.0637 e. The minimum Gasteiger partial charge on any atom is -0.385 e. The van der Waals surface area contributed by atoms with E-state index in [-0.39, 0.29) is 0 Å². The van der Waals surface area contributed by atoms with Crippen LogP contribution in [0.5, 0.6) is 0 Å². The highest BCUT2D eigenvalue weighted by Crippen LogP contribution is 2.27. The highest BCUT2D eigenvalue weighted by Gasteiger charge is 2.10. The molecule has 4 nitrogen and oxygen atoms in total. The van der Waals surface area contributed by atoms with Gasteiger partial charge in [-0.3, -0.25) is 0 Å². The van der Waals surface area contributed by atoms with Gasteiger partial charge in [0.05, 0.1) is 12.3 Å². The van der Waals surface area contributed by atoms with Gasteiger partial charge in [-0.15, -0.1) is 0 Å². The number of methoxy groups -OCH3 is 2. The Balaban J connectivity index is 2.77. The molecule has 0 aliphatic carbocycles. The molecule has 0 spiro atoms. The number of ether oxygens (including phenoxy) is 2. The molecule has 2 N–H and O–H groups in total. The molecule has 0 atom stereocenters. The van der Waals surface area contributed by atoms with Crippen molar-refractivity contribution >= 4 is 21.6 Å². The van der Waals surface area contributed by atoms with Crippen LogP contribution in [0.25, 0.3) is 0 Å². The molecule has 0 unspecified atom stereocenters. The predicted molar refractivity (Wildman–Crippen MR) is 87.5 cm³/mol. The van der Waals surface area contributed by atoms with E-state index in [2.05, 4.69) is 39.0 Å². The van der Waals surface area contributed by atoms with Gasteiger partial charge in [-0.2, -0.15) is 0 Å². The van der Waals surface area contributed by atoms with Gasteiger partial charge in [-0.25, -0.2) is 0 Å². The lowest BCUT2D eigenvalue weighted by Gasteiger charge is -2.26. The van der Waals surface area contributed by atoms with Crippen LogP contribution in [0.4, 0.5) is 5.69 Å². The van der Waals surface area contributed by atoms with Crippen LogP contribution >= 0.6 is 15.9 Å². The first-order valence-corrected chi connectivity index (χ1v) is 7.73. The summed E-state index contributed by atoms with van der Waals surface area (Å²) in [5, 5.41) is 0. The number of anilines is 1. The van der Waals surface area contributed by atoms with E-state index in [0.29, 0.717) is 13.2 Å². The van der Waals surface area contributed by atoms with Crippen molar-refractivity contribution in [3.05, 3.63) is 28.2 Å². The van der Waals surface area contributed by atoms with Gasteiger partial charge in [-0.05, 0) is 53.0 Å². The summed E-state index contributed by atoms with van der Waals surface area (Å²) >= 11 is 3.66. The van der Waals surface area contributed by atoms with Crippen molar-refractivity contribution in [1.29, 1.82) is 0 Å². The van der Waals surface area contributed by atoms with Crippen LogP contribution in [0.2, 0.25) is 0 Å². The molecule has 1 aromatic rings. The summed E-state index contributed by atoms with van der Waals surface area (Å²) < 4.78 is 11.4. The number of benzene rings is 1. The van der Waals surface area contributed by atoms with E-state index >= 15 is 0 Å². The Kier molecular flexibility index (Phi) is 8.85. The van der Waals surface area contributed by atoms with Crippen molar-refractivity contribution in [2.75, 3.05) is 52.0 Å². The molecule has 0 heterocycles. The number of nitrogens with two attached hydrogens (primary N) is 1. The van der Waals surface area contributed by atoms with Gasteiger partial charge in [0, 0.05) is 38.4 Å². The van der Waals surface area contributed by atoms with Gasteiger partial charge in [0.25, 0.3) is 0 Å². The number of rotatable bonds is 10. The maximum atomic E-state index is 5.60. The molecule has 0 radical (unpaired) electrons. The summed E-state index contributed by atoms with van der Waals surface area (Å²) in [4.78, 5) is 2.32. The fourth-order valence-corrected chi connectivity index (χ4v) is 2.76. The summed E-state index contributed by atoms with van der Waals surface area (Å²) in [6, 6.07) is 6.44. The molecule has 0 aliphatic heterocycles. The molecular formula is C15H25BrN2O2. The molecule has 0 saturated heterocycles. The number of nitrogens with zero attached hydrogens (tertiary/aromatic N) is 1. The van der Waals surface area contributed by atoms with Gasteiger partial charge in [0.2, 0.25) is 0 Å². The van der Waals surface area contributed by atoms with E-state index in [1.807, 2.05) is 0 Å². The molecule has 0 bridgehead atoms. The third kappa shape index (κ3) is 5.79. The second-order valence-electron chi connectivity index (χ2n) is 4.65. The summed E-state index contributed by atoms with van der Waals surface area (Å²) in [6.45, 7) is 3.98. The van der Waals surface area contributed by atoms with Gasteiger partial charge < -0.3 is 20.1 Å². The van der Waals surface area contributed by atoms with E-state index in [9.17, 15) is 0 Å². The molecule has 0 aromatic heterocycles. The average Bonchev–Trinajstić information content (AvgIpc) is 2.44. The Morgan fingerprint density at radius 1 is 1.15 bits per heavy atom. The Morgan fingerprint density at radius 2 is 1.90 bits per heavy atom. The van der Waals surface area contributed by atoms with Crippen molar-refractivity contribution in [1.82, 2.24) is 0 Å². The third-order valence-electron chi connectivity index (χ3n) is 3.13. The van der Waals surface area contributed by atoms with Crippen molar-refractivity contribution in [3.8, 4) is 0 Å². The van der Waals surface area contributed by atoms with Crippen LogP contribution in [0, 0.1) is 0 Å². The lowest BCUT2D eigenvalue weighted by molar-refractivity contribution is 0.191. The lowest BCUT2D eigenvalue weighted by atomic mass is 10.1. The zero-order valence-corrected chi connectivity index (χ0v) is 14.0. The fraction of sp³-hybridized carbons (Fsp3) is 0.600. The van der Waals surface area contributed by atoms with Gasteiger partial charge in [-0.1, -0.05) is 6.07 Å². The molecule has 1 aromatic carbocycles. The van der Waals surface area contributed by atoms with Crippen LogP contribution in [0.3, 0.4) is 0 Å². The highest BCUT2D eigenvalue weighted by molar-refractivity contribution is 9.10. The average molecular weight is 345 g/mol. The minimum atomic E-state index is 0.674. The number of hydrogen-bond donors (Lipinski definition) is 1. The minimum absolute atomic E-state index is 0.674. The normalized spacial score (nSPS) is 10.8. The Labute approximate surface area is 130 Å². The SMILES string of the molecule is COCCCN(CCOC)c1ccc(CCN)cc1Br. The third-order valence-corrected chi connectivity index (χ3v) is 3.76. The van der Waals surface area contributed by atoms with Crippen LogP contribution in [-0.4, -0.2) is 47.1 Å². The molecule has 1 rings (SSSR count). The topological polar surface area (TPSA) is 47.7 Å². The van der Waals surface area contributed by atoms with E-state index in [1.165, 1.54) is 11.3 Å². The quantitative estimate of drug-likeness (QED) is 0.662. The number of halogens is 1. The van der Waals surface area contributed by atoms with Crippen molar-refractivity contribution in [2.45, 2.75) is 12.8 Å². The second kappa shape index (κ2) is 10.2. The standard InChI is InChI=1S/C15H25BrN2O2/c1-19-10-3-8-18(9-11-20-2)15-5-4-13(6-7-17)12-14(15)16/h4-5,12H,3,6-11,17H2,1-2H3. The highest BCUT2D eigenvalue weighted by atomic mass is 79.9. The van der Waals surface area contributed by atoms with Crippen LogP contribution < -0.4 is 10.6 Å². The van der Waals surface area contributed by atoms with E-state index in [0.717, 1.165) is 37.0 Å². The monoisotopic (exact) mass is 344 g/mol. The van der Waals surface area contributed by atoms with Gasteiger partial charge in [0.15, 0.2) is 0 Å². The zero-order chi connectivity index (χ0) is 14.8. The van der Waals surface area contributed by atoms with Crippen LogP contribution in [0.15, 0.2) is 22.7 Å². The fourth-order valence-electron chi connectivity index (χ4n) is 2.08. The zero-order valence-electron chi connectivity index (χ0n) is 12.4. The molecule has 0 aliphatic rings. The molecular weight excluding hydrogens is 320 g/mol. The number of hydrogen-bond acceptors (Lipinski definition) is 4. The molecule has 0 fully saturated rings. The Morgan fingerprint density at radius 3 is 2.50 bits per heavy atom. The predicted octanol–water partition coefficient (Wildman–Crippen LogP) is 2.44. The maximum absolute atomic E-state index is 5.60. The molecule has 114 valence electrons. The Bertz CT molecular complexity index is 388. The molecule has 0 amide bonds. The summed E-state index contributed by atoms with van der Waals surface area (Å²) in [6.07, 6.45) is 1.90. The first kappa shape index (κ1) is 17.4. The summed E-state index contributed by atoms with van der Waals surface area (Å²) in [5.41, 5.74) is 8.05. The first-order valence-electron chi connectivity index (χ1n) is 6.94. The first-order chi connectivity index (χ1) is 9.72. The largest absolute Gasteiger partial charge is 0.385 e. The van der Waals surface area contributed by atoms with E-state index in [1.54, 1.807) is 14.2 Å². The molecule has 5 heteroatoms. The van der Waals surface area contributed by atoms with Crippen molar-refractivity contribution in [2.24, 2.45) is 5.73 Å². The maximum Gasteiger partial charge on any atom is 0.0637 e. The van der Waals surface area contributed by atoms with Crippen LogP contribution in [-0.2, 0) is 15.9 Å². The Hall–Kier alpha value is -0.620. The summed E-state index contributed by atoms with van der Waals surface area (Å²) in [7, 11) is 3.46. The molecule has 20 heavy (non-hydrogen) atoms. The van der Waals surface area contributed by atoms with Crippen molar-refractivity contribution in [3.63, 3.8) is 0 Å². The molecule has 0 saturated carbocycles. The van der Waals surface area contributed by atoms with Gasteiger partial charge in [0.1, 0.15) is 0 Å². The van der Waals surface area contributed by atoms with Gasteiger partial charge >= 0.3 is 0 Å². The summed E-state index contributed by atoms with van der Waals surface area (Å²) in [5.74, 6) is 0.